The average molecular weight is 310 g/mol. The van der Waals surface area contributed by atoms with Gasteiger partial charge in [0.05, 0.1) is 25.0 Å². The molecule has 0 saturated carbocycles. The number of allylic oxidation sites excluding steroid dienone is 1. The fraction of sp³-hybridized carbons (Fsp3) is 0.333. The van der Waals surface area contributed by atoms with Gasteiger partial charge in [0, 0.05) is 30.3 Å². The summed E-state index contributed by atoms with van der Waals surface area (Å²) in [5.74, 6) is 1.55. The minimum absolute atomic E-state index is 0.0616. The molecule has 0 spiro atoms. The third kappa shape index (κ3) is 2.42. The second-order valence-corrected chi connectivity index (χ2v) is 5.85. The Morgan fingerprint density at radius 3 is 3.00 bits per heavy atom. The van der Waals surface area contributed by atoms with E-state index < -0.39 is 0 Å². The van der Waals surface area contributed by atoms with Crippen LogP contribution in [0.5, 0.6) is 11.5 Å². The Morgan fingerprint density at radius 2 is 2.09 bits per heavy atom. The van der Waals surface area contributed by atoms with E-state index in [1.165, 1.54) is 0 Å². The molecular weight excluding hydrogens is 292 g/mol. The van der Waals surface area contributed by atoms with E-state index >= 15 is 0 Å². The van der Waals surface area contributed by atoms with Crippen molar-refractivity contribution in [2.45, 2.75) is 19.3 Å². The van der Waals surface area contributed by atoms with Gasteiger partial charge in [-0.15, -0.1) is 0 Å². The highest BCUT2D eigenvalue weighted by molar-refractivity contribution is 6.13. The molecule has 0 amide bonds. The minimum Gasteiger partial charge on any atom is -0.490 e. The van der Waals surface area contributed by atoms with Gasteiger partial charge in [0.2, 0.25) is 0 Å². The van der Waals surface area contributed by atoms with Crippen molar-refractivity contribution in [1.29, 1.82) is 0 Å². The maximum absolute atomic E-state index is 12.7. The highest BCUT2D eigenvalue weighted by Gasteiger charge is 2.25. The SMILES string of the molecule is Cn1ncc2c1CC/C(=C/c1cccc3c1OCCCO3)C2=O. The van der Waals surface area contributed by atoms with E-state index in [-0.39, 0.29) is 5.78 Å². The normalized spacial score (nSPS) is 18.7. The van der Waals surface area contributed by atoms with E-state index in [2.05, 4.69) is 5.10 Å². The molecule has 1 aromatic carbocycles. The smallest absolute Gasteiger partial charge is 0.192 e. The fourth-order valence-corrected chi connectivity index (χ4v) is 3.14. The zero-order valence-electron chi connectivity index (χ0n) is 13.0. The van der Waals surface area contributed by atoms with Crippen molar-refractivity contribution in [3.8, 4) is 11.5 Å². The van der Waals surface area contributed by atoms with Crippen molar-refractivity contribution in [3.63, 3.8) is 0 Å². The molecule has 2 aromatic rings. The van der Waals surface area contributed by atoms with Crippen LogP contribution >= 0.6 is 0 Å². The lowest BCUT2D eigenvalue weighted by Crippen LogP contribution is -2.15. The van der Waals surface area contributed by atoms with Crippen LogP contribution in [0.3, 0.4) is 0 Å². The second-order valence-electron chi connectivity index (χ2n) is 5.85. The van der Waals surface area contributed by atoms with Gasteiger partial charge in [-0.1, -0.05) is 12.1 Å². The lowest BCUT2D eigenvalue weighted by atomic mass is 9.90. The first-order chi connectivity index (χ1) is 11.2. The van der Waals surface area contributed by atoms with E-state index in [1.54, 1.807) is 10.9 Å². The van der Waals surface area contributed by atoms with Gasteiger partial charge in [-0.2, -0.15) is 5.10 Å². The highest BCUT2D eigenvalue weighted by Crippen LogP contribution is 2.36. The third-order valence-corrected chi connectivity index (χ3v) is 4.36. The zero-order valence-corrected chi connectivity index (χ0v) is 13.0. The van der Waals surface area contributed by atoms with Crippen LogP contribution in [0.1, 0.15) is 34.5 Å². The molecule has 1 aliphatic heterocycles. The van der Waals surface area contributed by atoms with E-state index in [0.29, 0.717) is 18.8 Å². The first kappa shape index (κ1) is 14.1. The van der Waals surface area contributed by atoms with Gasteiger partial charge >= 0.3 is 0 Å². The Kier molecular flexibility index (Phi) is 3.41. The zero-order chi connectivity index (χ0) is 15.8. The molecular formula is C18H18N2O3. The van der Waals surface area contributed by atoms with Crippen LogP contribution in [0.4, 0.5) is 0 Å². The van der Waals surface area contributed by atoms with Gasteiger partial charge in [-0.25, -0.2) is 0 Å². The molecule has 1 aromatic heterocycles. The number of ketones is 1. The summed E-state index contributed by atoms with van der Waals surface area (Å²) in [5, 5.41) is 4.20. The number of carbonyl (C=O) groups excluding carboxylic acids is 1. The van der Waals surface area contributed by atoms with Crippen LogP contribution < -0.4 is 9.47 Å². The van der Waals surface area contributed by atoms with Gasteiger partial charge < -0.3 is 9.47 Å². The molecule has 5 nitrogen and oxygen atoms in total. The van der Waals surface area contributed by atoms with Crippen LogP contribution in [0.25, 0.3) is 6.08 Å². The number of rotatable bonds is 1. The van der Waals surface area contributed by atoms with Crippen molar-refractivity contribution in [2.24, 2.45) is 7.05 Å². The molecule has 2 aliphatic rings. The van der Waals surface area contributed by atoms with E-state index in [9.17, 15) is 4.79 Å². The lowest BCUT2D eigenvalue weighted by Gasteiger charge is -2.16. The number of para-hydroxylation sites is 1. The summed E-state index contributed by atoms with van der Waals surface area (Å²) >= 11 is 0. The van der Waals surface area contributed by atoms with Crippen LogP contribution in [0.15, 0.2) is 30.0 Å². The van der Waals surface area contributed by atoms with Crippen molar-refractivity contribution < 1.29 is 14.3 Å². The van der Waals surface area contributed by atoms with E-state index in [0.717, 1.165) is 47.6 Å². The van der Waals surface area contributed by atoms with E-state index in [1.807, 2.05) is 31.3 Å². The monoisotopic (exact) mass is 310 g/mol. The number of hydrogen-bond donors (Lipinski definition) is 0. The molecule has 0 bridgehead atoms. The summed E-state index contributed by atoms with van der Waals surface area (Å²) < 4.78 is 13.3. The number of hydrogen-bond acceptors (Lipinski definition) is 4. The number of nitrogens with zero attached hydrogens (tertiary/aromatic N) is 2. The standard InChI is InChI=1S/C18H18N2O3/c1-20-15-7-6-12(17(21)14(15)11-19-20)10-13-4-2-5-16-18(13)23-9-3-8-22-16/h2,4-5,10-11H,3,6-9H2,1H3/b12-10-. The van der Waals surface area contributed by atoms with Crippen LogP contribution in [-0.4, -0.2) is 28.8 Å². The molecule has 5 heteroatoms. The molecule has 118 valence electrons. The number of fused-ring (bicyclic) bond motifs is 2. The van der Waals surface area contributed by atoms with Gasteiger partial charge in [-0.3, -0.25) is 9.48 Å². The minimum atomic E-state index is 0.0616. The van der Waals surface area contributed by atoms with Crippen LogP contribution in [0.2, 0.25) is 0 Å². The maximum atomic E-state index is 12.7. The Hall–Kier alpha value is -2.56. The largest absolute Gasteiger partial charge is 0.490 e. The van der Waals surface area contributed by atoms with Crippen molar-refractivity contribution in [1.82, 2.24) is 9.78 Å². The summed E-state index contributed by atoms with van der Waals surface area (Å²) in [6.45, 7) is 1.29. The number of aryl methyl sites for hydroxylation is 1. The molecule has 0 atom stereocenters. The lowest BCUT2D eigenvalue weighted by molar-refractivity contribution is 0.102. The molecule has 0 fully saturated rings. The van der Waals surface area contributed by atoms with Gasteiger partial charge in [0.15, 0.2) is 17.3 Å². The van der Waals surface area contributed by atoms with Crippen molar-refractivity contribution >= 4 is 11.9 Å². The number of ether oxygens (including phenoxy) is 2. The second kappa shape index (κ2) is 5.57. The van der Waals surface area contributed by atoms with Crippen molar-refractivity contribution in [2.75, 3.05) is 13.2 Å². The topological polar surface area (TPSA) is 53.4 Å². The Morgan fingerprint density at radius 1 is 1.22 bits per heavy atom. The van der Waals surface area contributed by atoms with Crippen LogP contribution in [-0.2, 0) is 13.5 Å². The molecule has 2 heterocycles. The van der Waals surface area contributed by atoms with Crippen molar-refractivity contribution in [3.05, 3.63) is 46.8 Å². The van der Waals surface area contributed by atoms with Gasteiger partial charge in [-0.05, 0) is 25.0 Å². The van der Waals surface area contributed by atoms with E-state index in [4.69, 9.17) is 9.47 Å². The first-order valence-corrected chi connectivity index (χ1v) is 7.89. The fourth-order valence-electron chi connectivity index (χ4n) is 3.14. The molecule has 1 aliphatic carbocycles. The Labute approximate surface area is 134 Å². The van der Waals surface area contributed by atoms with Gasteiger partial charge in [0.25, 0.3) is 0 Å². The predicted molar refractivity (Wildman–Crippen MR) is 85.9 cm³/mol. The maximum Gasteiger partial charge on any atom is 0.192 e. The molecule has 0 unspecified atom stereocenters. The Balaban J connectivity index is 1.73. The third-order valence-electron chi connectivity index (χ3n) is 4.36. The molecule has 0 radical (unpaired) electrons. The van der Waals surface area contributed by atoms with Gasteiger partial charge in [0.1, 0.15) is 0 Å². The molecule has 23 heavy (non-hydrogen) atoms. The number of benzene rings is 1. The Bertz CT molecular complexity index is 805. The number of carbonyl (C=O) groups is 1. The summed E-state index contributed by atoms with van der Waals surface area (Å²) in [6.07, 6.45) is 6.01. The highest BCUT2D eigenvalue weighted by atomic mass is 16.5. The first-order valence-electron chi connectivity index (χ1n) is 7.89. The summed E-state index contributed by atoms with van der Waals surface area (Å²) in [4.78, 5) is 12.7. The summed E-state index contributed by atoms with van der Waals surface area (Å²) in [5.41, 5.74) is 3.43. The summed E-state index contributed by atoms with van der Waals surface area (Å²) in [6, 6.07) is 5.81. The predicted octanol–water partition coefficient (Wildman–Crippen LogP) is 2.79. The molecule has 4 rings (SSSR count). The molecule has 0 saturated heterocycles. The number of aromatic nitrogens is 2. The summed E-state index contributed by atoms with van der Waals surface area (Å²) in [7, 11) is 1.88. The molecule has 0 N–H and O–H groups in total. The quantitative estimate of drug-likeness (QED) is 0.760. The average Bonchev–Trinajstić information content (AvgIpc) is 2.79. The number of Topliss-reactive ketones (excluding diaryl/α,β-unsaturated/α-hetero) is 1. The van der Waals surface area contributed by atoms with Crippen LogP contribution in [0, 0.1) is 0 Å².